The number of rotatable bonds is 4. The molecule has 0 spiro atoms. The molecule has 8 heteroatoms. The molecular weight excluding hydrogens is 400 g/mol. The molecule has 0 N–H and O–H groups in total. The highest BCUT2D eigenvalue weighted by Gasteiger charge is 2.31. The Morgan fingerprint density at radius 2 is 1.63 bits per heavy atom. The Kier molecular flexibility index (Phi) is 7.61. The van der Waals surface area contributed by atoms with E-state index in [2.05, 4.69) is 43.5 Å². The highest BCUT2D eigenvalue weighted by molar-refractivity contribution is 5.85. The van der Waals surface area contributed by atoms with Gasteiger partial charge in [0.15, 0.2) is 0 Å². The molecule has 2 aromatic heterocycles. The molecule has 7 nitrogen and oxygen atoms in total. The Morgan fingerprint density at radius 1 is 0.967 bits per heavy atom. The molecule has 0 radical (unpaired) electrons. The summed E-state index contributed by atoms with van der Waals surface area (Å²) in [4.78, 5) is 32.9. The van der Waals surface area contributed by atoms with Crippen molar-refractivity contribution in [2.75, 3.05) is 44.2 Å². The smallest absolute Gasteiger partial charge is 0.225 e. The normalized spacial score (nSPS) is 18.4. The lowest BCUT2D eigenvalue weighted by molar-refractivity contribution is -0.138. The Morgan fingerprint density at radius 3 is 2.20 bits per heavy atom. The third-order valence-corrected chi connectivity index (χ3v) is 6.12. The van der Waals surface area contributed by atoms with Crippen LogP contribution in [0.15, 0.2) is 36.9 Å². The Balaban J connectivity index is 0.00000256. The van der Waals surface area contributed by atoms with Crippen LogP contribution in [0.4, 0.5) is 5.95 Å². The van der Waals surface area contributed by atoms with Crippen LogP contribution in [0.1, 0.15) is 26.7 Å². The van der Waals surface area contributed by atoms with E-state index >= 15 is 0 Å². The molecule has 162 valence electrons. The zero-order chi connectivity index (χ0) is 20.2. The van der Waals surface area contributed by atoms with Gasteiger partial charge in [-0.05, 0) is 32.8 Å². The number of amides is 1. The van der Waals surface area contributed by atoms with Gasteiger partial charge in [-0.25, -0.2) is 9.97 Å². The van der Waals surface area contributed by atoms with Crippen molar-refractivity contribution in [2.24, 2.45) is 5.92 Å². The van der Waals surface area contributed by atoms with Gasteiger partial charge in [0.05, 0.1) is 0 Å². The average molecular weight is 431 g/mol. The van der Waals surface area contributed by atoms with Crippen LogP contribution in [-0.2, 0) is 4.79 Å². The Labute approximate surface area is 184 Å². The number of halogens is 1. The number of hydrogen-bond acceptors (Lipinski definition) is 6. The number of carbonyl (C=O) groups excluding carboxylic acids is 1. The lowest BCUT2D eigenvalue weighted by Crippen LogP contribution is -2.53. The number of anilines is 1. The van der Waals surface area contributed by atoms with Gasteiger partial charge in [-0.15, -0.1) is 12.4 Å². The van der Waals surface area contributed by atoms with E-state index in [9.17, 15) is 4.79 Å². The van der Waals surface area contributed by atoms with Gasteiger partial charge in [-0.1, -0.05) is 6.07 Å². The first-order valence-electron chi connectivity index (χ1n) is 10.6. The molecule has 0 aromatic carbocycles. The van der Waals surface area contributed by atoms with E-state index in [4.69, 9.17) is 0 Å². The summed E-state index contributed by atoms with van der Waals surface area (Å²) in [7, 11) is 0. The largest absolute Gasteiger partial charge is 0.341 e. The van der Waals surface area contributed by atoms with Crippen molar-refractivity contribution in [3.8, 4) is 11.1 Å². The molecule has 0 bridgehead atoms. The van der Waals surface area contributed by atoms with Crippen molar-refractivity contribution in [1.82, 2.24) is 24.8 Å². The quantitative estimate of drug-likeness (QED) is 0.743. The van der Waals surface area contributed by atoms with Crippen molar-refractivity contribution < 1.29 is 4.79 Å². The Bertz CT molecular complexity index is 800. The molecule has 30 heavy (non-hydrogen) atoms. The molecule has 4 heterocycles. The molecule has 2 fully saturated rings. The fourth-order valence-electron chi connectivity index (χ4n) is 4.21. The first-order chi connectivity index (χ1) is 14.1. The number of nitrogens with zero attached hydrogens (tertiary/aromatic N) is 6. The van der Waals surface area contributed by atoms with E-state index in [0.29, 0.717) is 11.9 Å². The van der Waals surface area contributed by atoms with Gasteiger partial charge in [0.25, 0.3) is 0 Å². The van der Waals surface area contributed by atoms with E-state index in [1.807, 2.05) is 30.7 Å². The molecule has 0 aliphatic carbocycles. The number of aromatic nitrogens is 3. The third kappa shape index (κ3) is 5.08. The van der Waals surface area contributed by atoms with E-state index in [1.54, 1.807) is 6.20 Å². The number of carbonyl (C=O) groups is 1. The van der Waals surface area contributed by atoms with Crippen molar-refractivity contribution in [2.45, 2.75) is 32.7 Å². The predicted molar refractivity (Wildman–Crippen MR) is 121 cm³/mol. The maximum Gasteiger partial charge on any atom is 0.225 e. The first-order valence-corrected chi connectivity index (χ1v) is 10.6. The summed E-state index contributed by atoms with van der Waals surface area (Å²) in [5.74, 6) is 1.21. The Hall–Kier alpha value is -2.25. The second-order valence-corrected chi connectivity index (χ2v) is 8.23. The number of piperidine rings is 1. The second kappa shape index (κ2) is 10.2. The maximum atomic E-state index is 12.9. The number of piperazine rings is 1. The summed E-state index contributed by atoms with van der Waals surface area (Å²) in [6.45, 7) is 9.78. The first kappa shape index (κ1) is 22.4. The minimum absolute atomic E-state index is 0. The third-order valence-electron chi connectivity index (χ3n) is 6.12. The molecule has 0 atom stereocenters. The van der Waals surface area contributed by atoms with E-state index in [0.717, 1.165) is 69.2 Å². The van der Waals surface area contributed by atoms with Gasteiger partial charge in [-0.3, -0.25) is 14.7 Å². The van der Waals surface area contributed by atoms with Crippen LogP contribution in [0, 0.1) is 5.92 Å². The minimum Gasteiger partial charge on any atom is -0.341 e. The van der Waals surface area contributed by atoms with Gasteiger partial charge in [-0.2, -0.15) is 0 Å². The minimum atomic E-state index is 0. The lowest BCUT2D eigenvalue weighted by Gasteiger charge is -2.39. The van der Waals surface area contributed by atoms with E-state index in [1.165, 1.54) is 0 Å². The monoisotopic (exact) mass is 430 g/mol. The fraction of sp³-hybridized carbons (Fsp3) is 0.545. The summed E-state index contributed by atoms with van der Waals surface area (Å²) in [6, 6.07) is 4.47. The number of pyridine rings is 1. The van der Waals surface area contributed by atoms with Crippen LogP contribution >= 0.6 is 12.4 Å². The van der Waals surface area contributed by atoms with Crippen molar-refractivity contribution in [1.29, 1.82) is 0 Å². The molecular formula is C22H31ClN6O. The van der Waals surface area contributed by atoms with Gasteiger partial charge in [0, 0.05) is 87.1 Å². The summed E-state index contributed by atoms with van der Waals surface area (Å²) in [5.41, 5.74) is 1.98. The molecule has 4 rings (SSSR count). The summed E-state index contributed by atoms with van der Waals surface area (Å²) < 4.78 is 0. The molecule has 2 aliphatic rings. The van der Waals surface area contributed by atoms with Crippen molar-refractivity contribution >= 4 is 24.3 Å². The van der Waals surface area contributed by atoms with E-state index in [-0.39, 0.29) is 18.3 Å². The van der Waals surface area contributed by atoms with Gasteiger partial charge in [0.1, 0.15) is 0 Å². The zero-order valence-corrected chi connectivity index (χ0v) is 18.6. The van der Waals surface area contributed by atoms with E-state index < -0.39 is 0 Å². The average Bonchev–Trinajstić information content (AvgIpc) is 2.79. The molecule has 2 aromatic rings. The summed E-state index contributed by atoms with van der Waals surface area (Å²) in [5, 5.41) is 0. The van der Waals surface area contributed by atoms with Crippen molar-refractivity contribution in [3.05, 3.63) is 36.9 Å². The van der Waals surface area contributed by atoms with Crippen LogP contribution in [-0.4, -0.2) is 76.0 Å². The van der Waals surface area contributed by atoms with Gasteiger partial charge >= 0.3 is 0 Å². The van der Waals surface area contributed by atoms with Crippen LogP contribution < -0.4 is 4.90 Å². The zero-order valence-electron chi connectivity index (χ0n) is 17.8. The van der Waals surface area contributed by atoms with Crippen molar-refractivity contribution in [3.63, 3.8) is 0 Å². The molecule has 2 saturated heterocycles. The van der Waals surface area contributed by atoms with Crippen LogP contribution in [0.3, 0.4) is 0 Å². The molecule has 0 unspecified atom stereocenters. The molecule has 1 amide bonds. The van der Waals surface area contributed by atoms with Crippen LogP contribution in [0.5, 0.6) is 0 Å². The van der Waals surface area contributed by atoms with Crippen LogP contribution in [0.2, 0.25) is 0 Å². The second-order valence-electron chi connectivity index (χ2n) is 8.23. The fourth-order valence-corrected chi connectivity index (χ4v) is 4.21. The summed E-state index contributed by atoms with van der Waals surface area (Å²) >= 11 is 0. The SMILES string of the molecule is CC(C)N1CCN(C(=O)C2CCN(c3ncc(-c4cccnc4)cn3)CC2)CC1.Cl. The highest BCUT2D eigenvalue weighted by atomic mass is 35.5. The van der Waals surface area contributed by atoms with Gasteiger partial charge in [0.2, 0.25) is 11.9 Å². The summed E-state index contributed by atoms with van der Waals surface area (Å²) in [6.07, 6.45) is 9.02. The molecule has 2 aliphatic heterocycles. The molecule has 0 saturated carbocycles. The van der Waals surface area contributed by atoms with Gasteiger partial charge < -0.3 is 9.80 Å². The maximum absolute atomic E-state index is 12.9. The predicted octanol–water partition coefficient (Wildman–Crippen LogP) is 2.73. The lowest BCUT2D eigenvalue weighted by atomic mass is 9.95. The standard InChI is InChI=1S/C22H30N6O.ClH/c1-17(2)26-10-12-27(13-11-26)21(29)18-5-8-28(9-6-18)22-24-15-20(16-25-22)19-4-3-7-23-14-19;/h3-4,7,14-18H,5-6,8-13H2,1-2H3;1H. The number of hydrogen-bond donors (Lipinski definition) is 0. The highest BCUT2D eigenvalue weighted by Crippen LogP contribution is 2.24. The topological polar surface area (TPSA) is 65.5 Å². The van der Waals surface area contributed by atoms with Crippen LogP contribution in [0.25, 0.3) is 11.1 Å².